The molecule has 0 amide bonds. The summed E-state index contributed by atoms with van der Waals surface area (Å²) in [6.45, 7) is 3.08. The fourth-order valence-corrected chi connectivity index (χ4v) is 2.16. The van der Waals surface area contributed by atoms with Crippen molar-refractivity contribution in [3.05, 3.63) is 59.7 Å². The van der Waals surface area contributed by atoms with E-state index in [1.165, 1.54) is 11.3 Å². The van der Waals surface area contributed by atoms with Crippen molar-refractivity contribution in [1.29, 1.82) is 0 Å². The van der Waals surface area contributed by atoms with Gasteiger partial charge in [0.1, 0.15) is 0 Å². The van der Waals surface area contributed by atoms with Gasteiger partial charge in [-0.05, 0) is 43.0 Å². The number of anilines is 2. The Morgan fingerprint density at radius 1 is 1.05 bits per heavy atom. The average molecular weight is 254 g/mol. The van der Waals surface area contributed by atoms with Gasteiger partial charge in [-0.25, -0.2) is 0 Å². The van der Waals surface area contributed by atoms with Gasteiger partial charge in [0.15, 0.2) is 0 Å². The van der Waals surface area contributed by atoms with Crippen molar-refractivity contribution in [1.82, 2.24) is 0 Å². The summed E-state index contributed by atoms with van der Waals surface area (Å²) in [6.07, 6.45) is 2.26. The van der Waals surface area contributed by atoms with Gasteiger partial charge in [0, 0.05) is 25.0 Å². The van der Waals surface area contributed by atoms with Gasteiger partial charge in [0.25, 0.3) is 0 Å². The third kappa shape index (κ3) is 3.75. The van der Waals surface area contributed by atoms with Crippen LogP contribution >= 0.6 is 0 Å². The molecule has 0 aliphatic carbocycles. The number of nitrogens with zero attached hydrogens (tertiary/aromatic N) is 1. The van der Waals surface area contributed by atoms with Crippen LogP contribution in [-0.4, -0.2) is 13.6 Å². The Morgan fingerprint density at radius 3 is 2.47 bits per heavy atom. The minimum atomic E-state index is 0.868. The monoisotopic (exact) mass is 254 g/mol. The smallest absolute Gasteiger partial charge is 0.0384 e. The highest BCUT2D eigenvalue weighted by Gasteiger charge is 2.02. The molecule has 0 aliphatic rings. The molecule has 2 aromatic carbocycles. The summed E-state index contributed by atoms with van der Waals surface area (Å²) in [5.41, 5.74) is 10.6. The Labute approximate surface area is 115 Å². The normalized spacial score (nSPS) is 10.4. The number of hydrogen-bond acceptors (Lipinski definition) is 2. The molecule has 100 valence electrons. The molecule has 2 nitrogen and oxygen atoms in total. The van der Waals surface area contributed by atoms with Gasteiger partial charge in [-0.3, -0.25) is 0 Å². The van der Waals surface area contributed by atoms with Crippen LogP contribution in [0.3, 0.4) is 0 Å². The zero-order chi connectivity index (χ0) is 13.7. The Hall–Kier alpha value is -1.96. The van der Waals surface area contributed by atoms with Crippen molar-refractivity contribution in [3.8, 4) is 0 Å². The van der Waals surface area contributed by atoms with E-state index in [2.05, 4.69) is 60.5 Å². The molecule has 2 rings (SSSR count). The molecular formula is C17H22N2. The molecule has 0 saturated carbocycles. The van der Waals surface area contributed by atoms with Crippen LogP contribution in [0.25, 0.3) is 0 Å². The molecule has 0 atom stereocenters. The van der Waals surface area contributed by atoms with Crippen LogP contribution in [0.15, 0.2) is 48.5 Å². The van der Waals surface area contributed by atoms with E-state index in [0.717, 1.165) is 30.6 Å². The van der Waals surface area contributed by atoms with Crippen LogP contribution in [-0.2, 0) is 6.42 Å². The summed E-state index contributed by atoms with van der Waals surface area (Å²) in [5.74, 6) is 0. The minimum absolute atomic E-state index is 0.868. The summed E-state index contributed by atoms with van der Waals surface area (Å²) < 4.78 is 0. The number of benzene rings is 2. The van der Waals surface area contributed by atoms with E-state index in [-0.39, 0.29) is 0 Å². The van der Waals surface area contributed by atoms with Crippen LogP contribution in [0.5, 0.6) is 0 Å². The Kier molecular flexibility index (Phi) is 4.45. The summed E-state index contributed by atoms with van der Waals surface area (Å²) in [4.78, 5) is 2.26. The van der Waals surface area contributed by atoms with Gasteiger partial charge in [-0.15, -0.1) is 0 Å². The lowest BCUT2D eigenvalue weighted by Gasteiger charge is -2.20. The van der Waals surface area contributed by atoms with E-state index in [0.29, 0.717) is 0 Å². The van der Waals surface area contributed by atoms with Crippen molar-refractivity contribution in [3.63, 3.8) is 0 Å². The van der Waals surface area contributed by atoms with E-state index < -0.39 is 0 Å². The quantitative estimate of drug-likeness (QED) is 0.825. The molecule has 2 N–H and O–H groups in total. The first kappa shape index (κ1) is 13.5. The van der Waals surface area contributed by atoms with Crippen molar-refractivity contribution in [2.24, 2.45) is 0 Å². The predicted octanol–water partition coefficient (Wildman–Crippen LogP) is 3.65. The summed E-state index contributed by atoms with van der Waals surface area (Å²) in [5, 5.41) is 0. The lowest BCUT2D eigenvalue weighted by molar-refractivity contribution is 0.786. The van der Waals surface area contributed by atoms with Gasteiger partial charge in [-0.2, -0.15) is 0 Å². The highest BCUT2D eigenvalue weighted by atomic mass is 15.1. The Bertz CT molecular complexity index is 520. The van der Waals surface area contributed by atoms with Crippen LogP contribution in [0.2, 0.25) is 0 Å². The van der Waals surface area contributed by atoms with Crippen LogP contribution < -0.4 is 10.6 Å². The number of hydrogen-bond donors (Lipinski definition) is 1. The molecule has 2 heteroatoms. The van der Waals surface area contributed by atoms with Crippen molar-refractivity contribution < 1.29 is 0 Å². The molecule has 0 aromatic heterocycles. The number of nitrogens with two attached hydrogens (primary N) is 1. The first-order valence-corrected chi connectivity index (χ1v) is 6.78. The largest absolute Gasteiger partial charge is 0.398 e. The molecule has 0 unspecified atom stereocenters. The molecule has 0 fully saturated rings. The molecule has 0 spiro atoms. The lowest BCUT2D eigenvalue weighted by atomic mass is 10.1. The van der Waals surface area contributed by atoms with Crippen LogP contribution in [0, 0.1) is 6.92 Å². The van der Waals surface area contributed by atoms with Crippen LogP contribution in [0.1, 0.15) is 17.5 Å². The molecule has 2 aromatic rings. The maximum absolute atomic E-state index is 5.95. The molecule has 0 radical (unpaired) electrons. The molecule has 19 heavy (non-hydrogen) atoms. The maximum Gasteiger partial charge on any atom is 0.0384 e. The van der Waals surface area contributed by atoms with E-state index in [1.54, 1.807) is 0 Å². The van der Waals surface area contributed by atoms with Crippen LogP contribution in [0.4, 0.5) is 11.4 Å². The molecule has 0 bridgehead atoms. The molecule has 0 aliphatic heterocycles. The fraction of sp³-hybridized carbons (Fsp3) is 0.294. The number of nitrogen functional groups attached to an aromatic ring is 1. The zero-order valence-electron chi connectivity index (χ0n) is 11.8. The second-order valence-corrected chi connectivity index (χ2v) is 5.05. The van der Waals surface area contributed by atoms with Crippen molar-refractivity contribution >= 4 is 11.4 Å². The third-order valence-corrected chi connectivity index (χ3v) is 3.51. The number of aryl methyl sites for hydroxylation is 2. The predicted molar refractivity (Wildman–Crippen MR) is 83.6 cm³/mol. The maximum atomic E-state index is 5.95. The Balaban J connectivity index is 1.87. The van der Waals surface area contributed by atoms with E-state index >= 15 is 0 Å². The second-order valence-electron chi connectivity index (χ2n) is 5.05. The van der Waals surface area contributed by atoms with Crippen molar-refractivity contribution in [2.75, 3.05) is 24.2 Å². The van der Waals surface area contributed by atoms with Gasteiger partial charge >= 0.3 is 0 Å². The Morgan fingerprint density at radius 2 is 1.79 bits per heavy atom. The average Bonchev–Trinajstić information content (AvgIpc) is 2.43. The summed E-state index contributed by atoms with van der Waals surface area (Å²) in [6, 6.07) is 16.9. The first-order valence-electron chi connectivity index (χ1n) is 6.78. The van der Waals surface area contributed by atoms with Gasteiger partial charge in [-0.1, -0.05) is 36.4 Å². The summed E-state index contributed by atoms with van der Waals surface area (Å²) in [7, 11) is 2.12. The van der Waals surface area contributed by atoms with Crippen molar-refractivity contribution in [2.45, 2.75) is 19.8 Å². The highest BCUT2D eigenvalue weighted by molar-refractivity contribution is 5.59. The van der Waals surface area contributed by atoms with Gasteiger partial charge < -0.3 is 10.6 Å². The standard InChI is InChI=1S/C17H22N2/c1-14-10-11-16(13-17(14)18)19(2)12-6-9-15-7-4-3-5-8-15/h3-5,7-8,10-11,13H,6,9,12,18H2,1-2H3. The SMILES string of the molecule is Cc1ccc(N(C)CCCc2ccccc2)cc1N. The first-order chi connectivity index (χ1) is 9.16. The van der Waals surface area contributed by atoms with Gasteiger partial charge in [0.2, 0.25) is 0 Å². The van der Waals surface area contributed by atoms with Gasteiger partial charge in [0.05, 0.1) is 0 Å². The fourth-order valence-electron chi connectivity index (χ4n) is 2.16. The molecule has 0 heterocycles. The minimum Gasteiger partial charge on any atom is -0.398 e. The van der Waals surface area contributed by atoms with E-state index in [9.17, 15) is 0 Å². The molecule has 0 saturated heterocycles. The lowest BCUT2D eigenvalue weighted by Crippen LogP contribution is -2.19. The van der Waals surface area contributed by atoms with E-state index in [4.69, 9.17) is 5.73 Å². The van der Waals surface area contributed by atoms with E-state index in [1.807, 2.05) is 6.92 Å². The molecular weight excluding hydrogens is 232 g/mol. The summed E-state index contributed by atoms with van der Waals surface area (Å²) >= 11 is 0. The third-order valence-electron chi connectivity index (χ3n) is 3.51. The number of rotatable bonds is 5. The second kappa shape index (κ2) is 6.28. The highest BCUT2D eigenvalue weighted by Crippen LogP contribution is 2.20. The topological polar surface area (TPSA) is 29.3 Å². The zero-order valence-corrected chi connectivity index (χ0v) is 11.8.